The first-order valence-electron chi connectivity index (χ1n) is 7.22. The summed E-state index contributed by atoms with van der Waals surface area (Å²) in [6, 6.07) is 7.39. The Labute approximate surface area is 115 Å². The van der Waals surface area contributed by atoms with Crippen LogP contribution in [0.2, 0.25) is 0 Å². The summed E-state index contributed by atoms with van der Waals surface area (Å²) in [5.41, 5.74) is 2.03. The molecule has 1 atom stereocenters. The minimum absolute atomic E-state index is 0.468. The Morgan fingerprint density at radius 3 is 2.63 bits per heavy atom. The number of para-hydroxylation sites is 1. The Bertz CT molecular complexity index is 425. The Balaban J connectivity index is 2.00. The number of hydrogen-bond donors (Lipinski definition) is 2. The van der Waals surface area contributed by atoms with E-state index in [-0.39, 0.29) is 0 Å². The third-order valence-corrected chi connectivity index (χ3v) is 4.07. The molecule has 3 nitrogen and oxygen atoms in total. The van der Waals surface area contributed by atoms with Crippen LogP contribution in [0.25, 0.3) is 0 Å². The van der Waals surface area contributed by atoms with Gasteiger partial charge in [-0.3, -0.25) is 0 Å². The van der Waals surface area contributed by atoms with Crippen molar-refractivity contribution in [3.8, 4) is 0 Å². The van der Waals surface area contributed by atoms with Gasteiger partial charge >= 0.3 is 5.97 Å². The van der Waals surface area contributed by atoms with Crippen molar-refractivity contribution in [2.75, 3.05) is 5.32 Å². The SMILES string of the molecule is Cc1ccccc1NC(CC1CCCCC1)C(=O)O. The summed E-state index contributed by atoms with van der Waals surface area (Å²) >= 11 is 0. The van der Waals surface area contributed by atoms with Gasteiger partial charge in [0.1, 0.15) is 6.04 Å². The largest absolute Gasteiger partial charge is 0.480 e. The fourth-order valence-corrected chi connectivity index (χ4v) is 2.90. The standard InChI is InChI=1S/C16H23NO2/c1-12-7-5-6-10-14(12)17-15(16(18)19)11-13-8-3-2-4-9-13/h5-7,10,13,15,17H,2-4,8-9,11H2,1H3,(H,18,19). The number of aliphatic carboxylic acids is 1. The van der Waals surface area contributed by atoms with Crippen LogP contribution < -0.4 is 5.32 Å². The molecular formula is C16H23NO2. The maximum absolute atomic E-state index is 11.4. The second-order valence-electron chi connectivity index (χ2n) is 5.59. The summed E-state index contributed by atoms with van der Waals surface area (Å²) in [4.78, 5) is 11.4. The Kier molecular flexibility index (Phi) is 4.83. The number of carboxylic acids is 1. The van der Waals surface area contributed by atoms with Crippen LogP contribution in [0.4, 0.5) is 5.69 Å². The highest BCUT2D eigenvalue weighted by Crippen LogP contribution is 2.28. The van der Waals surface area contributed by atoms with Gasteiger partial charge in [-0.2, -0.15) is 0 Å². The van der Waals surface area contributed by atoms with Crippen molar-refractivity contribution in [3.63, 3.8) is 0 Å². The molecule has 1 aromatic rings. The van der Waals surface area contributed by atoms with Crippen molar-refractivity contribution in [1.29, 1.82) is 0 Å². The molecule has 19 heavy (non-hydrogen) atoms. The van der Waals surface area contributed by atoms with E-state index in [2.05, 4.69) is 5.32 Å². The van der Waals surface area contributed by atoms with Gasteiger partial charge in [-0.15, -0.1) is 0 Å². The third kappa shape index (κ3) is 3.98. The number of benzene rings is 1. The molecule has 0 amide bonds. The summed E-state index contributed by atoms with van der Waals surface area (Å²) in [7, 11) is 0. The third-order valence-electron chi connectivity index (χ3n) is 4.07. The zero-order valence-electron chi connectivity index (χ0n) is 11.6. The van der Waals surface area contributed by atoms with Crippen molar-refractivity contribution >= 4 is 11.7 Å². The molecule has 0 aliphatic heterocycles. The minimum atomic E-state index is -0.742. The maximum atomic E-state index is 11.4. The molecular weight excluding hydrogens is 238 g/mol. The zero-order valence-corrected chi connectivity index (χ0v) is 11.6. The smallest absolute Gasteiger partial charge is 0.326 e. The molecule has 2 rings (SSSR count). The number of carboxylic acid groups (broad SMARTS) is 1. The molecule has 0 heterocycles. The average molecular weight is 261 g/mol. The lowest BCUT2D eigenvalue weighted by atomic mass is 9.84. The fourth-order valence-electron chi connectivity index (χ4n) is 2.90. The fraction of sp³-hybridized carbons (Fsp3) is 0.562. The highest BCUT2D eigenvalue weighted by atomic mass is 16.4. The Hall–Kier alpha value is -1.51. The predicted molar refractivity (Wildman–Crippen MR) is 77.4 cm³/mol. The second kappa shape index (κ2) is 6.60. The molecule has 0 saturated heterocycles. The van der Waals surface area contributed by atoms with E-state index < -0.39 is 12.0 Å². The summed E-state index contributed by atoms with van der Waals surface area (Å²) in [6.07, 6.45) is 6.91. The highest BCUT2D eigenvalue weighted by Gasteiger charge is 2.24. The van der Waals surface area contributed by atoms with E-state index in [1.165, 1.54) is 32.1 Å². The van der Waals surface area contributed by atoms with Crippen LogP contribution in [0, 0.1) is 12.8 Å². The van der Waals surface area contributed by atoms with Gasteiger partial charge < -0.3 is 10.4 Å². The van der Waals surface area contributed by atoms with E-state index in [1.54, 1.807) is 0 Å². The predicted octanol–water partition coefficient (Wildman–Crippen LogP) is 3.83. The normalized spacial score (nSPS) is 17.9. The van der Waals surface area contributed by atoms with Crippen molar-refractivity contribution in [2.24, 2.45) is 5.92 Å². The molecule has 1 fully saturated rings. The minimum Gasteiger partial charge on any atom is -0.480 e. The van der Waals surface area contributed by atoms with Crippen molar-refractivity contribution in [3.05, 3.63) is 29.8 Å². The molecule has 2 N–H and O–H groups in total. The molecule has 3 heteroatoms. The van der Waals surface area contributed by atoms with E-state index in [0.29, 0.717) is 5.92 Å². The lowest BCUT2D eigenvalue weighted by Crippen LogP contribution is -2.32. The summed E-state index contributed by atoms with van der Waals surface area (Å²) < 4.78 is 0. The number of hydrogen-bond acceptors (Lipinski definition) is 2. The molecule has 1 aliphatic rings. The monoisotopic (exact) mass is 261 g/mol. The van der Waals surface area contributed by atoms with Gasteiger partial charge in [-0.05, 0) is 30.9 Å². The van der Waals surface area contributed by atoms with E-state index >= 15 is 0 Å². The van der Waals surface area contributed by atoms with Crippen LogP contribution in [0.15, 0.2) is 24.3 Å². The van der Waals surface area contributed by atoms with Crippen molar-refractivity contribution in [1.82, 2.24) is 0 Å². The molecule has 0 aromatic heterocycles. The van der Waals surface area contributed by atoms with Crippen LogP contribution in [-0.4, -0.2) is 17.1 Å². The van der Waals surface area contributed by atoms with Gasteiger partial charge in [-0.25, -0.2) is 4.79 Å². The number of aryl methyl sites for hydroxylation is 1. The maximum Gasteiger partial charge on any atom is 0.326 e. The Morgan fingerprint density at radius 1 is 1.32 bits per heavy atom. The first-order valence-corrected chi connectivity index (χ1v) is 7.22. The quantitative estimate of drug-likeness (QED) is 0.847. The molecule has 0 radical (unpaired) electrons. The molecule has 1 saturated carbocycles. The number of carbonyl (C=O) groups is 1. The zero-order chi connectivity index (χ0) is 13.7. The van der Waals surface area contributed by atoms with E-state index in [1.807, 2.05) is 31.2 Å². The molecule has 0 spiro atoms. The molecule has 1 aromatic carbocycles. The molecule has 104 valence electrons. The number of rotatable bonds is 5. The van der Waals surface area contributed by atoms with Crippen LogP contribution in [-0.2, 0) is 4.79 Å². The van der Waals surface area contributed by atoms with Gasteiger partial charge in [0.2, 0.25) is 0 Å². The topological polar surface area (TPSA) is 49.3 Å². The van der Waals surface area contributed by atoms with E-state index in [9.17, 15) is 9.90 Å². The van der Waals surface area contributed by atoms with Crippen LogP contribution in [0.3, 0.4) is 0 Å². The van der Waals surface area contributed by atoms with Gasteiger partial charge in [0.15, 0.2) is 0 Å². The van der Waals surface area contributed by atoms with Gasteiger partial charge in [0, 0.05) is 5.69 Å². The first kappa shape index (κ1) is 13.9. The molecule has 1 aliphatic carbocycles. The molecule has 1 unspecified atom stereocenters. The highest BCUT2D eigenvalue weighted by molar-refractivity contribution is 5.77. The van der Waals surface area contributed by atoms with Gasteiger partial charge in [-0.1, -0.05) is 50.3 Å². The summed E-state index contributed by atoms with van der Waals surface area (Å²) in [5.74, 6) is -0.180. The summed E-state index contributed by atoms with van der Waals surface area (Å²) in [5, 5.41) is 12.6. The lowest BCUT2D eigenvalue weighted by molar-refractivity contribution is -0.138. The van der Waals surface area contributed by atoms with Crippen molar-refractivity contribution < 1.29 is 9.90 Å². The van der Waals surface area contributed by atoms with Crippen LogP contribution in [0.1, 0.15) is 44.1 Å². The van der Waals surface area contributed by atoms with Gasteiger partial charge in [0.25, 0.3) is 0 Å². The average Bonchev–Trinajstić information content (AvgIpc) is 2.41. The number of anilines is 1. The van der Waals surface area contributed by atoms with Crippen molar-refractivity contribution in [2.45, 2.75) is 51.5 Å². The van der Waals surface area contributed by atoms with Crippen LogP contribution in [0.5, 0.6) is 0 Å². The first-order chi connectivity index (χ1) is 9.16. The second-order valence-corrected chi connectivity index (χ2v) is 5.59. The van der Waals surface area contributed by atoms with Crippen LogP contribution >= 0.6 is 0 Å². The molecule has 0 bridgehead atoms. The van der Waals surface area contributed by atoms with E-state index in [0.717, 1.165) is 17.7 Å². The summed E-state index contributed by atoms with van der Waals surface area (Å²) in [6.45, 7) is 2.00. The lowest BCUT2D eigenvalue weighted by Gasteiger charge is -2.26. The van der Waals surface area contributed by atoms with Gasteiger partial charge in [0.05, 0.1) is 0 Å². The Morgan fingerprint density at radius 2 is 2.00 bits per heavy atom. The number of nitrogens with one attached hydrogen (secondary N) is 1. The van der Waals surface area contributed by atoms with E-state index in [4.69, 9.17) is 0 Å².